The molecule has 20 heavy (non-hydrogen) atoms. The molecule has 0 saturated carbocycles. The molecule has 2 nitrogen and oxygen atoms in total. The second-order valence-electron chi connectivity index (χ2n) is 4.49. The molecule has 0 saturated heterocycles. The van der Waals surface area contributed by atoms with E-state index in [4.69, 9.17) is 34.8 Å². The molecule has 0 N–H and O–H groups in total. The molecule has 1 unspecified atom stereocenters. The fourth-order valence-corrected chi connectivity index (χ4v) is 3.65. The fraction of sp³-hybridized carbons (Fsp3) is 0.214. The molecule has 0 amide bonds. The van der Waals surface area contributed by atoms with Crippen LogP contribution in [0.3, 0.4) is 0 Å². The van der Waals surface area contributed by atoms with Crippen molar-refractivity contribution in [3.63, 3.8) is 0 Å². The van der Waals surface area contributed by atoms with Crippen molar-refractivity contribution < 1.29 is 0 Å². The van der Waals surface area contributed by atoms with Crippen LogP contribution in [-0.4, -0.2) is 9.55 Å². The molecular formula is C14H11Cl3N2S. The molecule has 0 aliphatic heterocycles. The lowest BCUT2D eigenvalue weighted by Gasteiger charge is -2.09. The number of hydrogen-bond acceptors (Lipinski definition) is 2. The van der Waals surface area contributed by atoms with Crippen LogP contribution < -0.4 is 0 Å². The predicted octanol–water partition coefficient (Wildman–Crippen LogP) is 5.75. The Morgan fingerprint density at radius 1 is 1.25 bits per heavy atom. The van der Waals surface area contributed by atoms with E-state index in [0.29, 0.717) is 11.6 Å². The Morgan fingerprint density at radius 2 is 2.05 bits per heavy atom. The molecule has 0 spiro atoms. The Kier molecular flexibility index (Phi) is 3.95. The van der Waals surface area contributed by atoms with Gasteiger partial charge in [0.15, 0.2) is 0 Å². The first-order valence-electron chi connectivity index (χ1n) is 6.09. The second-order valence-corrected chi connectivity index (χ2v) is 7.35. The van der Waals surface area contributed by atoms with Gasteiger partial charge in [-0.3, -0.25) is 0 Å². The van der Waals surface area contributed by atoms with Crippen molar-refractivity contribution in [1.29, 1.82) is 0 Å². The van der Waals surface area contributed by atoms with E-state index in [2.05, 4.69) is 9.55 Å². The molecule has 1 aromatic carbocycles. The summed E-state index contributed by atoms with van der Waals surface area (Å²) in [6, 6.07) is 9.69. The number of aromatic nitrogens is 2. The average molecular weight is 346 g/mol. The van der Waals surface area contributed by atoms with Crippen LogP contribution in [0.15, 0.2) is 30.3 Å². The zero-order valence-electron chi connectivity index (χ0n) is 10.6. The highest BCUT2D eigenvalue weighted by molar-refractivity contribution is 7.16. The summed E-state index contributed by atoms with van der Waals surface area (Å²) in [6.07, 6.45) is 0. The van der Waals surface area contributed by atoms with Gasteiger partial charge < -0.3 is 4.57 Å². The molecular weight excluding hydrogens is 335 g/mol. The first kappa shape index (κ1) is 14.2. The van der Waals surface area contributed by atoms with Gasteiger partial charge in [-0.25, -0.2) is 4.98 Å². The monoisotopic (exact) mass is 344 g/mol. The lowest BCUT2D eigenvalue weighted by Crippen LogP contribution is -2.04. The van der Waals surface area contributed by atoms with Crippen molar-refractivity contribution >= 4 is 57.2 Å². The molecule has 0 aliphatic carbocycles. The van der Waals surface area contributed by atoms with Gasteiger partial charge in [-0.2, -0.15) is 0 Å². The van der Waals surface area contributed by atoms with E-state index in [9.17, 15) is 0 Å². The van der Waals surface area contributed by atoms with E-state index in [1.54, 1.807) is 11.3 Å². The second kappa shape index (κ2) is 5.57. The normalized spacial score (nSPS) is 13.0. The number of hydrogen-bond donors (Lipinski definition) is 0. The van der Waals surface area contributed by atoms with E-state index < -0.39 is 0 Å². The van der Waals surface area contributed by atoms with Crippen LogP contribution >= 0.6 is 46.1 Å². The highest BCUT2D eigenvalue weighted by atomic mass is 35.5. The Labute approximate surface area is 135 Å². The Bertz CT molecular complexity index is 761. The lowest BCUT2D eigenvalue weighted by atomic mass is 10.3. The maximum atomic E-state index is 6.25. The van der Waals surface area contributed by atoms with Gasteiger partial charge in [-0.05, 0) is 31.2 Å². The maximum Gasteiger partial charge on any atom is 0.128 e. The minimum Gasteiger partial charge on any atom is -0.321 e. The van der Waals surface area contributed by atoms with E-state index in [0.717, 1.165) is 26.1 Å². The summed E-state index contributed by atoms with van der Waals surface area (Å²) in [6.45, 7) is 2.61. The Hall–Kier alpha value is -0.740. The van der Waals surface area contributed by atoms with Crippen molar-refractivity contribution in [2.24, 2.45) is 0 Å². The predicted molar refractivity (Wildman–Crippen MR) is 87.4 cm³/mol. The third-order valence-electron chi connectivity index (χ3n) is 3.06. The van der Waals surface area contributed by atoms with Crippen molar-refractivity contribution in [2.45, 2.75) is 18.8 Å². The summed E-state index contributed by atoms with van der Waals surface area (Å²) >= 11 is 20.0. The van der Waals surface area contributed by atoms with Crippen LogP contribution in [0.25, 0.3) is 11.0 Å². The summed E-state index contributed by atoms with van der Waals surface area (Å²) in [4.78, 5) is 5.75. The van der Waals surface area contributed by atoms with Gasteiger partial charge in [0.1, 0.15) is 11.3 Å². The number of fused-ring (bicyclic) bond motifs is 1. The van der Waals surface area contributed by atoms with Gasteiger partial charge in [-0.15, -0.1) is 22.9 Å². The topological polar surface area (TPSA) is 17.8 Å². The molecule has 0 bridgehead atoms. The lowest BCUT2D eigenvalue weighted by molar-refractivity contribution is 0.750. The molecule has 2 aromatic heterocycles. The summed E-state index contributed by atoms with van der Waals surface area (Å²) in [5.74, 6) is 0.819. The molecule has 2 heterocycles. The van der Waals surface area contributed by atoms with Crippen LogP contribution in [-0.2, 0) is 6.54 Å². The van der Waals surface area contributed by atoms with Gasteiger partial charge >= 0.3 is 0 Å². The van der Waals surface area contributed by atoms with Crippen molar-refractivity contribution in [2.75, 3.05) is 0 Å². The zero-order chi connectivity index (χ0) is 14.3. The molecule has 0 radical (unpaired) electrons. The summed E-state index contributed by atoms with van der Waals surface area (Å²) < 4.78 is 2.88. The summed E-state index contributed by atoms with van der Waals surface area (Å²) in [7, 11) is 0. The fourth-order valence-electron chi connectivity index (χ4n) is 2.19. The number of imidazole rings is 1. The van der Waals surface area contributed by atoms with Crippen molar-refractivity contribution in [3.05, 3.63) is 50.4 Å². The molecule has 3 aromatic rings. The first-order valence-corrected chi connectivity index (χ1v) is 8.10. The van der Waals surface area contributed by atoms with Gasteiger partial charge in [0.2, 0.25) is 0 Å². The van der Waals surface area contributed by atoms with Crippen LogP contribution in [0, 0.1) is 0 Å². The van der Waals surface area contributed by atoms with Crippen LogP contribution in [0.5, 0.6) is 0 Å². The number of halogens is 3. The van der Waals surface area contributed by atoms with E-state index >= 15 is 0 Å². The maximum absolute atomic E-state index is 6.25. The quantitative estimate of drug-likeness (QED) is 0.552. The van der Waals surface area contributed by atoms with Crippen LogP contribution in [0.1, 0.15) is 23.0 Å². The SMILES string of the molecule is CC(Cl)c1nc2c(Cl)cccc2n1Cc1ccc(Cl)s1. The largest absolute Gasteiger partial charge is 0.321 e. The van der Waals surface area contributed by atoms with Crippen molar-refractivity contribution in [3.8, 4) is 0 Å². The van der Waals surface area contributed by atoms with E-state index in [1.165, 1.54) is 0 Å². The molecule has 0 fully saturated rings. The van der Waals surface area contributed by atoms with Gasteiger partial charge in [0, 0.05) is 4.88 Å². The van der Waals surface area contributed by atoms with Crippen LogP contribution in [0.2, 0.25) is 9.36 Å². The minimum absolute atomic E-state index is 0.186. The Balaban J connectivity index is 2.16. The van der Waals surface area contributed by atoms with Gasteiger partial charge in [0.05, 0.1) is 26.8 Å². The smallest absolute Gasteiger partial charge is 0.128 e. The number of para-hydroxylation sites is 1. The molecule has 0 aliphatic rings. The molecule has 104 valence electrons. The first-order chi connectivity index (χ1) is 9.56. The zero-order valence-corrected chi connectivity index (χ0v) is 13.7. The number of thiophene rings is 1. The molecule has 6 heteroatoms. The third kappa shape index (κ3) is 2.56. The molecule has 3 rings (SSSR count). The number of benzene rings is 1. The standard InChI is InChI=1S/C14H11Cl3N2S/c1-8(15)14-18-13-10(16)3-2-4-11(13)19(14)7-9-5-6-12(17)20-9/h2-6,8H,7H2,1H3. The van der Waals surface area contributed by atoms with Gasteiger partial charge in [-0.1, -0.05) is 29.3 Å². The summed E-state index contributed by atoms with van der Waals surface area (Å²) in [5.41, 5.74) is 1.78. The average Bonchev–Trinajstić information content (AvgIpc) is 2.96. The van der Waals surface area contributed by atoms with Crippen molar-refractivity contribution in [1.82, 2.24) is 9.55 Å². The Morgan fingerprint density at radius 3 is 2.70 bits per heavy atom. The number of rotatable bonds is 3. The minimum atomic E-state index is -0.186. The number of nitrogens with zero attached hydrogens (tertiary/aromatic N) is 2. The highest BCUT2D eigenvalue weighted by Crippen LogP contribution is 2.31. The number of alkyl halides is 1. The third-order valence-corrected chi connectivity index (χ3v) is 4.77. The van der Waals surface area contributed by atoms with Crippen LogP contribution in [0.4, 0.5) is 0 Å². The van der Waals surface area contributed by atoms with E-state index in [-0.39, 0.29) is 5.38 Å². The highest BCUT2D eigenvalue weighted by Gasteiger charge is 2.17. The molecule has 1 atom stereocenters. The van der Waals surface area contributed by atoms with Gasteiger partial charge in [0.25, 0.3) is 0 Å². The summed E-state index contributed by atoms with van der Waals surface area (Å²) in [5, 5.41) is 0.456. The van der Waals surface area contributed by atoms with E-state index in [1.807, 2.05) is 37.3 Å².